The standard InChI is InChI=1S/C15H23NO2S/c1-4-15(3,5-2)19-11-10-16-14(18)12-8-6-7-9-13(12)17/h6-9,17H,4-5,10-11H2,1-3H3,(H,16,18). The Kier molecular flexibility index (Phi) is 6.22. The Morgan fingerprint density at radius 2 is 1.95 bits per heavy atom. The average molecular weight is 281 g/mol. The Hall–Kier alpha value is -1.16. The number of thioether (sulfide) groups is 1. The summed E-state index contributed by atoms with van der Waals surface area (Å²) in [6, 6.07) is 6.60. The minimum Gasteiger partial charge on any atom is -0.507 e. The number of nitrogens with one attached hydrogen (secondary N) is 1. The number of hydrogen-bond acceptors (Lipinski definition) is 3. The molecule has 3 nitrogen and oxygen atoms in total. The van der Waals surface area contributed by atoms with Gasteiger partial charge in [0.25, 0.3) is 5.91 Å². The van der Waals surface area contributed by atoms with Crippen LogP contribution in [-0.4, -0.2) is 28.1 Å². The molecular weight excluding hydrogens is 258 g/mol. The van der Waals surface area contributed by atoms with Crippen LogP contribution in [-0.2, 0) is 0 Å². The molecule has 0 saturated heterocycles. The van der Waals surface area contributed by atoms with Gasteiger partial charge in [0.2, 0.25) is 0 Å². The van der Waals surface area contributed by atoms with E-state index >= 15 is 0 Å². The lowest BCUT2D eigenvalue weighted by Gasteiger charge is -2.25. The number of phenols is 1. The van der Waals surface area contributed by atoms with E-state index in [0.717, 1.165) is 18.6 Å². The fraction of sp³-hybridized carbons (Fsp3) is 0.533. The number of para-hydroxylation sites is 1. The van der Waals surface area contributed by atoms with E-state index in [4.69, 9.17) is 0 Å². The fourth-order valence-electron chi connectivity index (χ4n) is 1.68. The highest BCUT2D eigenvalue weighted by Gasteiger charge is 2.19. The minimum atomic E-state index is -0.214. The Morgan fingerprint density at radius 3 is 2.53 bits per heavy atom. The van der Waals surface area contributed by atoms with Gasteiger partial charge in [-0.3, -0.25) is 4.79 Å². The second-order valence-corrected chi connectivity index (χ2v) is 6.46. The van der Waals surface area contributed by atoms with E-state index in [1.165, 1.54) is 6.07 Å². The van der Waals surface area contributed by atoms with Crippen molar-refractivity contribution in [2.75, 3.05) is 12.3 Å². The summed E-state index contributed by atoms with van der Waals surface area (Å²) in [4.78, 5) is 11.8. The molecule has 1 amide bonds. The van der Waals surface area contributed by atoms with Crippen molar-refractivity contribution in [1.82, 2.24) is 5.32 Å². The summed E-state index contributed by atoms with van der Waals surface area (Å²) in [5, 5.41) is 12.4. The maximum Gasteiger partial charge on any atom is 0.255 e. The van der Waals surface area contributed by atoms with Gasteiger partial charge < -0.3 is 10.4 Å². The third-order valence-corrected chi connectivity index (χ3v) is 5.17. The summed E-state index contributed by atoms with van der Waals surface area (Å²) < 4.78 is 0.291. The van der Waals surface area contributed by atoms with Gasteiger partial charge in [-0.05, 0) is 25.0 Å². The summed E-state index contributed by atoms with van der Waals surface area (Å²) >= 11 is 1.89. The predicted molar refractivity (Wildman–Crippen MR) is 81.9 cm³/mol. The van der Waals surface area contributed by atoms with Crippen molar-refractivity contribution < 1.29 is 9.90 Å². The molecule has 0 aliphatic rings. The van der Waals surface area contributed by atoms with E-state index < -0.39 is 0 Å². The molecule has 0 radical (unpaired) electrons. The molecule has 0 saturated carbocycles. The molecular formula is C15H23NO2S. The van der Waals surface area contributed by atoms with Crippen LogP contribution in [0.3, 0.4) is 0 Å². The number of carbonyl (C=O) groups is 1. The minimum absolute atomic E-state index is 0.0274. The number of benzene rings is 1. The molecule has 0 heterocycles. The van der Waals surface area contributed by atoms with E-state index in [9.17, 15) is 9.90 Å². The highest BCUT2D eigenvalue weighted by atomic mass is 32.2. The Bertz CT molecular complexity index is 416. The third kappa shape index (κ3) is 4.78. The molecule has 1 rings (SSSR count). The first kappa shape index (κ1) is 15.9. The predicted octanol–water partition coefficient (Wildman–Crippen LogP) is 3.43. The molecule has 0 aliphatic carbocycles. The maximum atomic E-state index is 11.8. The molecule has 1 aromatic carbocycles. The van der Waals surface area contributed by atoms with Crippen molar-refractivity contribution in [3.05, 3.63) is 29.8 Å². The largest absolute Gasteiger partial charge is 0.507 e. The van der Waals surface area contributed by atoms with E-state index in [0.29, 0.717) is 16.9 Å². The van der Waals surface area contributed by atoms with Crippen LogP contribution in [0.1, 0.15) is 44.0 Å². The van der Waals surface area contributed by atoms with Crippen LogP contribution < -0.4 is 5.32 Å². The van der Waals surface area contributed by atoms with Crippen molar-refractivity contribution in [3.63, 3.8) is 0 Å². The molecule has 0 aliphatic heterocycles. The van der Waals surface area contributed by atoms with E-state index in [1.54, 1.807) is 18.2 Å². The van der Waals surface area contributed by atoms with Gasteiger partial charge in [-0.25, -0.2) is 0 Å². The number of aromatic hydroxyl groups is 1. The van der Waals surface area contributed by atoms with Crippen LogP contribution in [0.25, 0.3) is 0 Å². The smallest absolute Gasteiger partial charge is 0.255 e. The second-order valence-electron chi connectivity index (χ2n) is 4.78. The van der Waals surface area contributed by atoms with Crippen LogP contribution in [0.15, 0.2) is 24.3 Å². The molecule has 0 bridgehead atoms. The van der Waals surface area contributed by atoms with Gasteiger partial charge in [-0.1, -0.05) is 32.9 Å². The zero-order chi connectivity index (χ0) is 14.3. The van der Waals surface area contributed by atoms with Crippen molar-refractivity contribution in [1.29, 1.82) is 0 Å². The van der Waals surface area contributed by atoms with Crippen molar-refractivity contribution in [3.8, 4) is 5.75 Å². The van der Waals surface area contributed by atoms with Crippen LogP contribution in [0.2, 0.25) is 0 Å². The first-order chi connectivity index (χ1) is 9.02. The monoisotopic (exact) mass is 281 g/mol. The lowest BCUT2D eigenvalue weighted by molar-refractivity contribution is 0.0953. The Labute approximate surface area is 119 Å². The van der Waals surface area contributed by atoms with Crippen molar-refractivity contribution in [2.24, 2.45) is 0 Å². The first-order valence-electron chi connectivity index (χ1n) is 6.72. The number of hydrogen-bond donors (Lipinski definition) is 2. The number of rotatable bonds is 7. The molecule has 0 aromatic heterocycles. The van der Waals surface area contributed by atoms with E-state index in [1.807, 2.05) is 11.8 Å². The lowest BCUT2D eigenvalue weighted by Crippen LogP contribution is -2.28. The summed E-state index contributed by atoms with van der Waals surface area (Å²) in [5.74, 6) is 0.699. The van der Waals surface area contributed by atoms with Crippen molar-refractivity contribution >= 4 is 17.7 Å². The van der Waals surface area contributed by atoms with Gasteiger partial charge in [-0.2, -0.15) is 11.8 Å². The van der Waals surface area contributed by atoms with Crippen LogP contribution in [0, 0.1) is 0 Å². The van der Waals surface area contributed by atoms with E-state index in [2.05, 4.69) is 26.1 Å². The molecule has 0 spiro atoms. The fourth-order valence-corrected chi connectivity index (χ4v) is 2.78. The molecule has 106 valence electrons. The summed E-state index contributed by atoms with van der Waals surface area (Å²) in [7, 11) is 0. The van der Waals surface area contributed by atoms with Gasteiger partial charge in [0, 0.05) is 17.0 Å². The van der Waals surface area contributed by atoms with Crippen LogP contribution in [0.4, 0.5) is 0 Å². The van der Waals surface area contributed by atoms with Crippen LogP contribution >= 0.6 is 11.8 Å². The lowest BCUT2D eigenvalue weighted by atomic mass is 10.1. The molecule has 0 unspecified atom stereocenters. The summed E-state index contributed by atoms with van der Waals surface area (Å²) in [6.45, 7) is 7.25. The van der Waals surface area contributed by atoms with E-state index in [-0.39, 0.29) is 11.7 Å². The summed E-state index contributed by atoms with van der Waals surface area (Å²) in [5.41, 5.74) is 0.334. The maximum absolute atomic E-state index is 11.8. The quantitative estimate of drug-likeness (QED) is 0.753. The second kappa shape index (κ2) is 7.43. The molecule has 0 fully saturated rings. The number of phenolic OH excluding ortho intramolecular Hbond substituents is 1. The number of carbonyl (C=O) groups excluding carboxylic acids is 1. The Balaban J connectivity index is 2.38. The van der Waals surface area contributed by atoms with Gasteiger partial charge in [-0.15, -0.1) is 0 Å². The average Bonchev–Trinajstić information content (AvgIpc) is 2.43. The molecule has 4 heteroatoms. The third-order valence-electron chi connectivity index (χ3n) is 3.48. The molecule has 19 heavy (non-hydrogen) atoms. The highest BCUT2D eigenvalue weighted by Crippen LogP contribution is 2.31. The SMILES string of the molecule is CCC(C)(CC)SCCNC(=O)c1ccccc1O. The van der Waals surface area contributed by atoms with Crippen molar-refractivity contribution in [2.45, 2.75) is 38.4 Å². The van der Waals surface area contributed by atoms with Gasteiger partial charge >= 0.3 is 0 Å². The zero-order valence-electron chi connectivity index (χ0n) is 11.9. The van der Waals surface area contributed by atoms with Gasteiger partial charge in [0.05, 0.1) is 5.56 Å². The molecule has 1 aromatic rings. The number of amides is 1. The van der Waals surface area contributed by atoms with Crippen LogP contribution in [0.5, 0.6) is 5.75 Å². The first-order valence-corrected chi connectivity index (χ1v) is 7.71. The topological polar surface area (TPSA) is 49.3 Å². The highest BCUT2D eigenvalue weighted by molar-refractivity contribution is 8.00. The Morgan fingerprint density at radius 1 is 1.32 bits per heavy atom. The molecule has 2 N–H and O–H groups in total. The summed E-state index contributed by atoms with van der Waals surface area (Å²) in [6.07, 6.45) is 2.25. The molecule has 0 atom stereocenters. The zero-order valence-corrected chi connectivity index (χ0v) is 12.7. The normalized spacial score (nSPS) is 11.3. The van der Waals surface area contributed by atoms with Gasteiger partial charge in [0.1, 0.15) is 5.75 Å². The van der Waals surface area contributed by atoms with Gasteiger partial charge in [0.15, 0.2) is 0 Å².